The van der Waals surface area contributed by atoms with Gasteiger partial charge < -0.3 is 5.32 Å². The molecule has 0 spiro atoms. The van der Waals surface area contributed by atoms with Crippen molar-refractivity contribution in [2.24, 2.45) is 0 Å². The first kappa shape index (κ1) is 14.5. The summed E-state index contributed by atoms with van der Waals surface area (Å²) in [6.07, 6.45) is 2.26. The van der Waals surface area contributed by atoms with Gasteiger partial charge >= 0.3 is 0 Å². The first-order valence-corrected chi connectivity index (χ1v) is 6.77. The molecule has 0 saturated heterocycles. The summed E-state index contributed by atoms with van der Waals surface area (Å²) in [4.78, 5) is 20.5. The van der Waals surface area contributed by atoms with Gasteiger partial charge in [-0.1, -0.05) is 32.4 Å². The van der Waals surface area contributed by atoms with Crippen LogP contribution in [0, 0.1) is 0 Å². The van der Waals surface area contributed by atoms with Crippen LogP contribution in [0.25, 0.3) is 0 Å². The van der Waals surface area contributed by atoms with E-state index in [1.165, 1.54) is 6.20 Å². The highest BCUT2D eigenvalue weighted by atomic mass is 35.5. The molecule has 2 rings (SSSR count). The smallest absolute Gasteiger partial charge is 0.277 e. The molecule has 2 heterocycles. The van der Waals surface area contributed by atoms with Gasteiger partial charge in [0.05, 0.1) is 11.2 Å². The van der Waals surface area contributed by atoms with E-state index in [1.807, 2.05) is 20.8 Å². The van der Waals surface area contributed by atoms with Crippen molar-refractivity contribution in [3.05, 3.63) is 34.5 Å². The number of aromatic amines is 1. The minimum absolute atomic E-state index is 0.121. The molecule has 0 aliphatic carbocycles. The van der Waals surface area contributed by atoms with Crippen molar-refractivity contribution in [1.29, 1.82) is 0 Å². The Kier molecular flexibility index (Phi) is 4.34. The number of aromatic nitrogens is 4. The number of halogens is 1. The maximum Gasteiger partial charge on any atom is 0.277 e. The average molecular weight is 294 g/mol. The molecule has 0 radical (unpaired) electrons. The highest BCUT2D eigenvalue weighted by molar-refractivity contribution is 6.33. The molecule has 0 aromatic carbocycles. The minimum Gasteiger partial charge on any atom is -0.304 e. The fraction of sp³-hybridized carbons (Fsp3) is 0.385. The number of carbonyl (C=O) groups is 1. The number of anilines is 1. The summed E-state index contributed by atoms with van der Waals surface area (Å²) in [6, 6.07) is 1.77. The van der Waals surface area contributed by atoms with Gasteiger partial charge in [0.25, 0.3) is 5.91 Å². The van der Waals surface area contributed by atoms with Crippen LogP contribution in [0.2, 0.25) is 5.02 Å². The van der Waals surface area contributed by atoms with Crippen molar-refractivity contribution in [2.75, 3.05) is 5.32 Å². The molecule has 2 N–H and O–H groups in total. The molecule has 0 aliphatic heterocycles. The molecule has 0 bridgehead atoms. The molecule has 6 nitrogen and oxygen atoms in total. The Morgan fingerprint density at radius 3 is 2.85 bits per heavy atom. The summed E-state index contributed by atoms with van der Waals surface area (Å²) >= 11 is 5.98. The number of nitrogens with one attached hydrogen (secondary N) is 2. The lowest BCUT2D eigenvalue weighted by atomic mass is 10.2. The van der Waals surface area contributed by atoms with Gasteiger partial charge in [-0.15, -0.1) is 0 Å². The summed E-state index contributed by atoms with van der Waals surface area (Å²) in [7, 11) is 0. The largest absolute Gasteiger partial charge is 0.304 e. The third kappa shape index (κ3) is 3.14. The predicted octanol–water partition coefficient (Wildman–Crippen LogP) is 2.79. The molecule has 20 heavy (non-hydrogen) atoms. The van der Waals surface area contributed by atoms with Crippen molar-refractivity contribution in [3.63, 3.8) is 0 Å². The van der Waals surface area contributed by atoms with Crippen molar-refractivity contribution in [3.8, 4) is 0 Å². The van der Waals surface area contributed by atoms with Crippen molar-refractivity contribution >= 4 is 23.3 Å². The molecular weight excluding hydrogens is 278 g/mol. The highest BCUT2D eigenvalue weighted by Gasteiger charge is 2.16. The standard InChI is InChI=1S/C13H16ClN5O/c1-4-8-5-10(19-18-8)16-13(20)11-9(14)6-15-12(17-11)7(2)3/h5-7H,4H2,1-3H3,(H2,16,18,19,20). The second-order valence-corrected chi connectivity index (χ2v) is 5.07. The molecule has 1 amide bonds. The number of hydrogen-bond donors (Lipinski definition) is 2. The van der Waals surface area contributed by atoms with Gasteiger partial charge in [0, 0.05) is 17.7 Å². The zero-order chi connectivity index (χ0) is 14.7. The first-order chi connectivity index (χ1) is 9.51. The Morgan fingerprint density at radius 2 is 2.25 bits per heavy atom. The number of aryl methyl sites for hydroxylation is 1. The van der Waals surface area contributed by atoms with Crippen molar-refractivity contribution in [1.82, 2.24) is 20.2 Å². The molecule has 0 aliphatic rings. The van der Waals surface area contributed by atoms with Gasteiger partial charge in [0.1, 0.15) is 5.82 Å². The van der Waals surface area contributed by atoms with Gasteiger partial charge in [-0.05, 0) is 6.42 Å². The van der Waals surface area contributed by atoms with E-state index in [4.69, 9.17) is 11.6 Å². The lowest BCUT2D eigenvalue weighted by Gasteiger charge is -2.07. The summed E-state index contributed by atoms with van der Waals surface area (Å²) < 4.78 is 0. The fourth-order valence-electron chi connectivity index (χ4n) is 1.60. The lowest BCUT2D eigenvalue weighted by molar-refractivity contribution is 0.102. The second-order valence-electron chi connectivity index (χ2n) is 4.67. The summed E-state index contributed by atoms with van der Waals surface area (Å²) in [6.45, 7) is 5.90. The first-order valence-electron chi connectivity index (χ1n) is 6.39. The van der Waals surface area contributed by atoms with E-state index in [0.29, 0.717) is 11.6 Å². The van der Waals surface area contributed by atoms with Crippen molar-refractivity contribution < 1.29 is 4.79 Å². The molecule has 0 fully saturated rings. The zero-order valence-electron chi connectivity index (χ0n) is 11.6. The van der Waals surface area contributed by atoms with Crippen molar-refractivity contribution in [2.45, 2.75) is 33.1 Å². The van der Waals surface area contributed by atoms with Crippen LogP contribution in [0.1, 0.15) is 48.7 Å². The van der Waals surface area contributed by atoms with Crippen LogP contribution in [0.5, 0.6) is 0 Å². The monoisotopic (exact) mass is 293 g/mol. The predicted molar refractivity (Wildman–Crippen MR) is 77.0 cm³/mol. The topological polar surface area (TPSA) is 83.6 Å². The quantitative estimate of drug-likeness (QED) is 0.908. The Labute approximate surface area is 122 Å². The summed E-state index contributed by atoms with van der Waals surface area (Å²) in [5.41, 5.74) is 1.10. The van der Waals surface area contributed by atoms with Gasteiger partial charge in [0.15, 0.2) is 11.5 Å². The number of rotatable bonds is 4. The Morgan fingerprint density at radius 1 is 1.50 bits per heavy atom. The van der Waals surface area contributed by atoms with E-state index >= 15 is 0 Å². The van der Waals surface area contributed by atoms with E-state index in [9.17, 15) is 4.79 Å². The number of carbonyl (C=O) groups excluding carboxylic acids is 1. The third-order valence-corrected chi connectivity index (χ3v) is 3.02. The van der Waals surface area contributed by atoms with E-state index in [2.05, 4.69) is 25.5 Å². The molecule has 0 unspecified atom stereocenters. The SMILES string of the molecule is CCc1cc(NC(=O)c2nc(C(C)C)ncc2Cl)n[nH]1. The summed E-state index contributed by atoms with van der Waals surface area (Å²) in [5.74, 6) is 0.757. The van der Waals surface area contributed by atoms with Crippen LogP contribution < -0.4 is 5.32 Å². The van der Waals surface area contributed by atoms with Crippen LogP contribution in [0.15, 0.2) is 12.3 Å². The maximum absolute atomic E-state index is 12.2. The van der Waals surface area contributed by atoms with Crippen LogP contribution in [-0.4, -0.2) is 26.1 Å². The van der Waals surface area contributed by atoms with Gasteiger partial charge in [0.2, 0.25) is 0 Å². The Balaban J connectivity index is 2.22. The van der Waals surface area contributed by atoms with E-state index < -0.39 is 5.91 Å². The Bertz CT molecular complexity index is 623. The van der Waals surface area contributed by atoms with Gasteiger partial charge in [-0.2, -0.15) is 5.10 Å². The van der Waals surface area contributed by atoms with Gasteiger partial charge in [-0.25, -0.2) is 9.97 Å². The summed E-state index contributed by atoms with van der Waals surface area (Å²) in [5, 5.41) is 9.71. The minimum atomic E-state index is -0.395. The van der Waals surface area contributed by atoms with Crippen LogP contribution >= 0.6 is 11.6 Å². The second kappa shape index (κ2) is 6.00. The highest BCUT2D eigenvalue weighted by Crippen LogP contribution is 2.17. The van der Waals surface area contributed by atoms with Gasteiger partial charge in [-0.3, -0.25) is 9.89 Å². The fourth-order valence-corrected chi connectivity index (χ4v) is 1.78. The molecule has 2 aromatic heterocycles. The van der Waals surface area contributed by atoms with E-state index in [1.54, 1.807) is 6.07 Å². The molecule has 0 atom stereocenters. The number of amides is 1. The molecule has 106 valence electrons. The van der Waals surface area contributed by atoms with Crippen LogP contribution in [0.3, 0.4) is 0 Å². The van der Waals surface area contributed by atoms with Crippen LogP contribution in [-0.2, 0) is 6.42 Å². The number of nitrogens with zero attached hydrogens (tertiary/aromatic N) is 3. The molecule has 7 heteroatoms. The average Bonchev–Trinajstić information content (AvgIpc) is 2.86. The lowest BCUT2D eigenvalue weighted by Crippen LogP contribution is -2.16. The normalized spacial score (nSPS) is 10.8. The maximum atomic E-state index is 12.2. The van der Waals surface area contributed by atoms with E-state index in [0.717, 1.165) is 12.1 Å². The van der Waals surface area contributed by atoms with Crippen LogP contribution in [0.4, 0.5) is 5.82 Å². The third-order valence-electron chi connectivity index (χ3n) is 2.75. The number of H-pyrrole nitrogens is 1. The molecular formula is C13H16ClN5O. The molecule has 2 aromatic rings. The zero-order valence-corrected chi connectivity index (χ0v) is 12.3. The van der Waals surface area contributed by atoms with E-state index in [-0.39, 0.29) is 16.6 Å². The Hall–Kier alpha value is -1.95. The number of hydrogen-bond acceptors (Lipinski definition) is 4. The molecule has 0 saturated carbocycles.